The first-order valence-electron chi connectivity index (χ1n) is 11.4. The minimum absolute atomic E-state index is 0.0353. The van der Waals surface area contributed by atoms with Crippen LogP contribution in [0, 0.1) is 0 Å². The predicted molar refractivity (Wildman–Crippen MR) is 127 cm³/mol. The number of hydrogen-bond donors (Lipinski definition) is 0. The number of hydrogen-bond acceptors (Lipinski definition) is 7. The quantitative estimate of drug-likeness (QED) is 0.281. The summed E-state index contributed by atoms with van der Waals surface area (Å²) in [7, 11) is 1.41. The molecule has 0 atom stereocenters. The van der Waals surface area contributed by atoms with Gasteiger partial charge in [0.15, 0.2) is 0 Å². The highest BCUT2D eigenvalue weighted by Gasteiger charge is 2.38. The van der Waals surface area contributed by atoms with Gasteiger partial charge in [0, 0.05) is 24.4 Å². The molecule has 0 fully saturated rings. The van der Waals surface area contributed by atoms with Crippen molar-refractivity contribution in [2.24, 2.45) is 0 Å². The number of benzene rings is 2. The van der Waals surface area contributed by atoms with Crippen LogP contribution in [0.25, 0.3) is 11.4 Å². The van der Waals surface area contributed by atoms with E-state index in [1.807, 2.05) is 0 Å². The van der Waals surface area contributed by atoms with E-state index in [0.717, 1.165) is 39.9 Å². The number of amides is 1. The Labute approximate surface area is 221 Å². The third-order valence-corrected chi connectivity index (χ3v) is 5.54. The number of methoxy groups -OCH3 is 1. The third kappa shape index (κ3) is 6.54. The molecule has 0 bridgehead atoms. The molecule has 0 N–H and O–H groups in total. The zero-order valence-electron chi connectivity index (χ0n) is 20.5. The maximum atomic E-state index is 13.5. The summed E-state index contributed by atoms with van der Waals surface area (Å²) in [5.74, 6) is -2.65. The van der Waals surface area contributed by atoms with Gasteiger partial charge >= 0.3 is 18.2 Å². The minimum atomic E-state index is -4.82. The van der Waals surface area contributed by atoms with Crippen molar-refractivity contribution in [1.82, 2.24) is 19.9 Å². The van der Waals surface area contributed by atoms with Gasteiger partial charge in [-0.05, 0) is 29.8 Å². The lowest BCUT2D eigenvalue weighted by atomic mass is 10.1. The normalized spacial score (nSPS) is 12.0. The van der Waals surface area contributed by atoms with Gasteiger partial charge in [-0.15, -0.1) is 0 Å². The third-order valence-electron chi connectivity index (χ3n) is 5.54. The van der Waals surface area contributed by atoms with Crippen molar-refractivity contribution in [2.75, 3.05) is 18.6 Å². The van der Waals surface area contributed by atoms with E-state index in [4.69, 9.17) is 4.74 Å². The average Bonchev–Trinajstić information content (AvgIpc) is 3.42. The van der Waals surface area contributed by atoms with Crippen LogP contribution in [0.2, 0.25) is 0 Å². The minimum Gasteiger partial charge on any atom is -0.383 e. The summed E-state index contributed by atoms with van der Waals surface area (Å²) in [5.41, 5.74) is -1.24. The Bertz CT molecular complexity index is 1550. The second-order valence-corrected chi connectivity index (χ2v) is 8.33. The molecule has 0 spiro atoms. The van der Waals surface area contributed by atoms with E-state index in [1.54, 1.807) is 0 Å². The Morgan fingerprint density at radius 2 is 1.73 bits per heavy atom. The highest BCUT2D eigenvalue weighted by atomic mass is 19.4. The van der Waals surface area contributed by atoms with Crippen molar-refractivity contribution >= 4 is 11.6 Å². The summed E-state index contributed by atoms with van der Waals surface area (Å²) in [6, 6.07) is 12.0. The maximum absolute atomic E-state index is 13.5. The average molecular weight is 567 g/mol. The van der Waals surface area contributed by atoms with E-state index in [2.05, 4.69) is 19.8 Å². The van der Waals surface area contributed by atoms with Gasteiger partial charge in [-0.3, -0.25) is 9.59 Å². The van der Waals surface area contributed by atoms with Crippen molar-refractivity contribution in [3.05, 3.63) is 93.7 Å². The van der Waals surface area contributed by atoms with Crippen LogP contribution in [0.15, 0.2) is 70.0 Å². The van der Waals surface area contributed by atoms with E-state index < -0.39 is 35.3 Å². The lowest BCUT2D eigenvalue weighted by Crippen LogP contribution is -2.34. The Morgan fingerprint density at radius 3 is 2.35 bits per heavy atom. The van der Waals surface area contributed by atoms with Crippen LogP contribution in [0.3, 0.4) is 0 Å². The molecular weight excluding hydrogens is 548 g/mol. The van der Waals surface area contributed by atoms with E-state index in [0.29, 0.717) is 5.56 Å². The first-order valence-corrected chi connectivity index (χ1v) is 11.4. The van der Waals surface area contributed by atoms with Crippen molar-refractivity contribution in [3.63, 3.8) is 0 Å². The molecular formula is C25H19F6N5O4. The monoisotopic (exact) mass is 567 g/mol. The van der Waals surface area contributed by atoms with E-state index in [1.165, 1.54) is 37.4 Å². The number of alkyl halides is 6. The lowest BCUT2D eigenvalue weighted by Gasteiger charge is -2.24. The summed E-state index contributed by atoms with van der Waals surface area (Å²) in [4.78, 5) is 30.0. The largest absolute Gasteiger partial charge is 0.471 e. The Kier molecular flexibility index (Phi) is 8.04. The highest BCUT2D eigenvalue weighted by Crippen LogP contribution is 2.33. The molecule has 0 saturated heterocycles. The van der Waals surface area contributed by atoms with E-state index >= 15 is 0 Å². The van der Waals surface area contributed by atoms with Gasteiger partial charge in [-0.2, -0.15) is 36.4 Å². The number of rotatable bonds is 8. The van der Waals surface area contributed by atoms with Crippen LogP contribution < -0.4 is 10.5 Å². The fraction of sp³-hybridized carbons (Fsp3) is 0.240. The summed E-state index contributed by atoms with van der Waals surface area (Å²) in [6.45, 7) is -0.0912. The molecule has 0 saturated carbocycles. The first kappa shape index (κ1) is 28.5. The molecule has 2 aromatic heterocycles. The van der Waals surface area contributed by atoms with Crippen molar-refractivity contribution < 1.29 is 40.4 Å². The molecule has 2 heterocycles. The number of halogens is 6. The molecule has 2 aromatic carbocycles. The second-order valence-electron chi connectivity index (χ2n) is 8.33. The molecule has 15 heteroatoms. The summed E-state index contributed by atoms with van der Waals surface area (Å²) < 4.78 is 88.8. The first-order chi connectivity index (χ1) is 18.9. The number of anilines is 1. The van der Waals surface area contributed by atoms with Crippen LogP contribution >= 0.6 is 0 Å². The lowest BCUT2D eigenvalue weighted by molar-refractivity contribution is -0.159. The Hall–Kier alpha value is -4.53. The molecule has 0 radical (unpaired) electrons. The molecule has 0 aliphatic heterocycles. The topological polar surface area (TPSA) is 103 Å². The van der Waals surface area contributed by atoms with Gasteiger partial charge < -0.3 is 14.2 Å². The van der Waals surface area contributed by atoms with Crippen LogP contribution in [0.4, 0.5) is 32.0 Å². The van der Waals surface area contributed by atoms with Crippen LogP contribution in [-0.2, 0) is 30.2 Å². The highest BCUT2D eigenvalue weighted by molar-refractivity contribution is 6.04. The summed E-state index contributed by atoms with van der Waals surface area (Å²) >= 11 is 0. The Balaban J connectivity index is 1.68. The number of ether oxygens (including phenoxy) is 1. The molecule has 4 rings (SSSR count). The summed E-state index contributed by atoms with van der Waals surface area (Å²) in [6.07, 6.45) is -9.51. The predicted octanol–water partition coefficient (Wildman–Crippen LogP) is 4.82. The smallest absolute Gasteiger partial charge is 0.383 e. The standard InChI is InChI=1S/C25H19F6N5O4/c1-39-12-11-36-20(37)10-9-19(33-36)22(38)35(18-4-2-3-17(13-18)24(26,27)28)14-15-5-7-16(8-6-15)21-32-23(40-34-21)25(29,30)31/h2-10,13H,11-12,14H2,1H3. The number of nitrogens with zero attached hydrogens (tertiary/aromatic N) is 5. The Morgan fingerprint density at radius 1 is 1.00 bits per heavy atom. The van der Waals surface area contributed by atoms with Crippen molar-refractivity contribution in [3.8, 4) is 11.4 Å². The fourth-order valence-corrected chi connectivity index (χ4v) is 3.57. The molecule has 210 valence electrons. The van der Waals surface area contributed by atoms with Gasteiger partial charge in [0.25, 0.3) is 11.5 Å². The SMILES string of the molecule is COCCn1nc(C(=O)N(Cc2ccc(-c3noc(C(F)(F)F)n3)cc2)c2cccc(C(F)(F)F)c2)ccc1=O. The van der Waals surface area contributed by atoms with Crippen molar-refractivity contribution in [1.29, 1.82) is 0 Å². The fourth-order valence-electron chi connectivity index (χ4n) is 3.57. The molecule has 1 amide bonds. The van der Waals surface area contributed by atoms with E-state index in [9.17, 15) is 35.9 Å². The number of aromatic nitrogens is 4. The number of carbonyl (C=O) groups excluding carboxylic acids is 1. The summed E-state index contributed by atoms with van der Waals surface area (Å²) in [5, 5.41) is 7.34. The molecule has 40 heavy (non-hydrogen) atoms. The molecule has 0 unspecified atom stereocenters. The molecule has 4 aromatic rings. The van der Waals surface area contributed by atoms with Gasteiger partial charge in [-0.1, -0.05) is 35.5 Å². The van der Waals surface area contributed by atoms with Gasteiger partial charge in [-0.25, -0.2) is 4.68 Å². The van der Waals surface area contributed by atoms with Crippen molar-refractivity contribution in [2.45, 2.75) is 25.4 Å². The maximum Gasteiger partial charge on any atom is 0.471 e. The van der Waals surface area contributed by atoms with Crippen LogP contribution in [0.5, 0.6) is 0 Å². The number of carbonyl (C=O) groups is 1. The van der Waals surface area contributed by atoms with Crippen LogP contribution in [0.1, 0.15) is 27.5 Å². The van der Waals surface area contributed by atoms with Crippen LogP contribution in [-0.4, -0.2) is 39.5 Å². The van der Waals surface area contributed by atoms with Gasteiger partial charge in [0.2, 0.25) is 5.82 Å². The van der Waals surface area contributed by atoms with Gasteiger partial charge in [0.1, 0.15) is 5.69 Å². The second kappa shape index (κ2) is 11.3. The molecule has 0 aliphatic rings. The zero-order chi connectivity index (χ0) is 29.1. The van der Waals surface area contributed by atoms with Gasteiger partial charge in [0.05, 0.1) is 25.3 Å². The zero-order valence-corrected chi connectivity index (χ0v) is 20.5. The molecule has 9 nitrogen and oxygen atoms in total. The molecule has 0 aliphatic carbocycles. The van der Waals surface area contributed by atoms with E-state index in [-0.39, 0.29) is 42.5 Å².